The van der Waals surface area contributed by atoms with Gasteiger partial charge in [-0.15, -0.1) is 10.2 Å². The molecule has 12 heteroatoms. The molecule has 1 aromatic carbocycles. The molecule has 4 aromatic rings. The van der Waals surface area contributed by atoms with E-state index in [0.717, 1.165) is 6.07 Å². The van der Waals surface area contributed by atoms with Gasteiger partial charge in [-0.2, -0.15) is 13.2 Å². The van der Waals surface area contributed by atoms with E-state index in [1.807, 2.05) is 0 Å². The summed E-state index contributed by atoms with van der Waals surface area (Å²) in [6, 6.07) is 6.26. The molecule has 0 spiro atoms. The zero-order valence-corrected chi connectivity index (χ0v) is 19.6. The molecule has 34 heavy (non-hydrogen) atoms. The van der Waals surface area contributed by atoms with Crippen LogP contribution in [0.2, 0.25) is 10.0 Å². The van der Waals surface area contributed by atoms with Gasteiger partial charge in [0.05, 0.1) is 16.1 Å². The van der Waals surface area contributed by atoms with Gasteiger partial charge >= 0.3 is 6.18 Å². The fourth-order valence-electron chi connectivity index (χ4n) is 3.64. The SMILES string of the molecule is Cc1onc(-c2c(Cl)cccc2Cl)c1C(=O)N[C@H](c1nnc2c(C(F)(F)F)cccn12)C(C)C. The number of aromatic nitrogens is 4. The van der Waals surface area contributed by atoms with Crippen LogP contribution in [-0.2, 0) is 6.18 Å². The minimum atomic E-state index is -4.61. The summed E-state index contributed by atoms with van der Waals surface area (Å²) in [5, 5.41) is 15.1. The second kappa shape index (κ2) is 8.92. The predicted octanol–water partition coefficient (Wildman–Crippen LogP) is 6.15. The Balaban J connectivity index is 1.76. The fraction of sp³-hybridized carbons (Fsp3) is 0.273. The van der Waals surface area contributed by atoms with Crippen LogP contribution in [0, 0.1) is 12.8 Å². The van der Waals surface area contributed by atoms with Gasteiger partial charge in [-0.3, -0.25) is 9.20 Å². The summed E-state index contributed by atoms with van der Waals surface area (Å²) in [6.07, 6.45) is -3.19. The van der Waals surface area contributed by atoms with Gasteiger partial charge in [0.1, 0.15) is 22.6 Å². The number of nitrogens with one attached hydrogen (secondary N) is 1. The van der Waals surface area contributed by atoms with E-state index in [0.29, 0.717) is 5.56 Å². The Morgan fingerprint density at radius 1 is 1.12 bits per heavy atom. The van der Waals surface area contributed by atoms with Crippen LogP contribution in [0.15, 0.2) is 41.1 Å². The molecule has 0 aliphatic carbocycles. The zero-order valence-electron chi connectivity index (χ0n) is 18.1. The van der Waals surface area contributed by atoms with E-state index in [2.05, 4.69) is 20.7 Å². The van der Waals surface area contributed by atoms with Gasteiger partial charge in [-0.25, -0.2) is 0 Å². The summed E-state index contributed by atoms with van der Waals surface area (Å²) >= 11 is 12.6. The Kier molecular flexibility index (Phi) is 6.30. The number of carbonyl (C=O) groups is 1. The maximum absolute atomic E-state index is 13.4. The molecule has 0 fully saturated rings. The van der Waals surface area contributed by atoms with Crippen molar-refractivity contribution in [2.24, 2.45) is 5.92 Å². The molecule has 0 aliphatic heterocycles. The van der Waals surface area contributed by atoms with Crippen molar-refractivity contribution in [2.75, 3.05) is 0 Å². The number of alkyl halides is 3. The molecule has 0 radical (unpaired) electrons. The summed E-state index contributed by atoms with van der Waals surface area (Å²) in [6.45, 7) is 5.15. The Hall–Kier alpha value is -3.11. The summed E-state index contributed by atoms with van der Waals surface area (Å²) in [4.78, 5) is 13.4. The number of hydrogen-bond donors (Lipinski definition) is 1. The lowest BCUT2D eigenvalue weighted by Crippen LogP contribution is -2.33. The normalized spacial score (nSPS) is 13.0. The third kappa shape index (κ3) is 4.23. The molecular weight excluding hydrogens is 494 g/mol. The number of aryl methyl sites for hydroxylation is 1. The first kappa shape index (κ1) is 24.0. The number of nitrogens with zero attached hydrogens (tertiary/aromatic N) is 4. The average Bonchev–Trinajstić information content (AvgIpc) is 3.34. The number of pyridine rings is 1. The number of fused-ring (bicyclic) bond motifs is 1. The van der Waals surface area contributed by atoms with Gasteiger partial charge in [-0.05, 0) is 37.1 Å². The number of benzene rings is 1. The van der Waals surface area contributed by atoms with Crippen LogP contribution in [0.3, 0.4) is 0 Å². The molecule has 1 N–H and O–H groups in total. The van der Waals surface area contributed by atoms with E-state index in [1.165, 1.54) is 16.7 Å². The maximum atomic E-state index is 13.4. The molecule has 1 amide bonds. The Morgan fingerprint density at radius 2 is 1.79 bits per heavy atom. The number of hydrogen-bond acceptors (Lipinski definition) is 5. The number of carbonyl (C=O) groups excluding carboxylic acids is 1. The van der Waals surface area contributed by atoms with Crippen molar-refractivity contribution >= 4 is 34.8 Å². The molecule has 0 saturated heterocycles. The predicted molar refractivity (Wildman–Crippen MR) is 120 cm³/mol. The second-order valence-electron chi connectivity index (χ2n) is 7.93. The van der Waals surface area contributed by atoms with Gasteiger partial charge in [0.25, 0.3) is 5.91 Å². The quantitative estimate of drug-likeness (QED) is 0.347. The number of amides is 1. The number of rotatable bonds is 5. The van der Waals surface area contributed by atoms with Gasteiger partial charge in [-0.1, -0.05) is 48.3 Å². The van der Waals surface area contributed by atoms with Crippen molar-refractivity contribution in [3.05, 3.63) is 69.3 Å². The Labute approximate surface area is 201 Å². The van der Waals surface area contributed by atoms with Crippen LogP contribution in [0.25, 0.3) is 16.9 Å². The van der Waals surface area contributed by atoms with E-state index in [9.17, 15) is 18.0 Å². The summed E-state index contributed by atoms with van der Waals surface area (Å²) in [5.74, 6) is -0.460. The Morgan fingerprint density at radius 3 is 2.41 bits per heavy atom. The van der Waals surface area contributed by atoms with E-state index in [4.69, 9.17) is 27.7 Å². The summed E-state index contributed by atoms with van der Waals surface area (Å²) < 4.78 is 46.7. The van der Waals surface area contributed by atoms with Crippen molar-refractivity contribution in [1.29, 1.82) is 0 Å². The molecule has 3 heterocycles. The van der Waals surface area contributed by atoms with E-state index in [-0.39, 0.29) is 44.5 Å². The monoisotopic (exact) mass is 511 g/mol. The lowest BCUT2D eigenvalue weighted by Gasteiger charge is -2.21. The van der Waals surface area contributed by atoms with Gasteiger partial charge in [0, 0.05) is 11.8 Å². The van der Waals surface area contributed by atoms with Crippen LogP contribution >= 0.6 is 23.2 Å². The largest absolute Gasteiger partial charge is 0.420 e. The molecule has 178 valence electrons. The van der Waals surface area contributed by atoms with Crippen molar-refractivity contribution in [1.82, 2.24) is 25.1 Å². The van der Waals surface area contributed by atoms with Crippen molar-refractivity contribution in [3.63, 3.8) is 0 Å². The van der Waals surface area contributed by atoms with Gasteiger partial charge in [0.2, 0.25) is 0 Å². The van der Waals surface area contributed by atoms with Crippen LogP contribution in [0.1, 0.15) is 47.4 Å². The van der Waals surface area contributed by atoms with Gasteiger partial charge < -0.3 is 9.84 Å². The van der Waals surface area contributed by atoms with Gasteiger partial charge in [0.15, 0.2) is 11.5 Å². The first-order valence-corrected chi connectivity index (χ1v) is 10.9. The molecule has 4 rings (SSSR count). The molecule has 0 bridgehead atoms. The summed E-state index contributed by atoms with van der Waals surface area (Å²) in [5.41, 5.74) is -0.691. The van der Waals surface area contributed by atoms with E-state index < -0.39 is 23.7 Å². The third-order valence-electron chi connectivity index (χ3n) is 5.29. The maximum Gasteiger partial charge on any atom is 0.420 e. The standard InChI is InChI=1S/C22H18Cl2F3N5O2/c1-10(2)17(20-30-29-19-12(22(25,26)27)6-5-9-32(19)20)28-21(33)15-11(3)34-31-18(15)16-13(23)7-4-8-14(16)24/h4-10,17H,1-3H3,(H,28,33)/t17-/m0/s1. The lowest BCUT2D eigenvalue weighted by molar-refractivity contribution is -0.136. The molecule has 0 saturated carbocycles. The molecule has 0 unspecified atom stereocenters. The molecule has 7 nitrogen and oxygen atoms in total. The second-order valence-corrected chi connectivity index (χ2v) is 8.74. The zero-order chi connectivity index (χ0) is 24.8. The summed E-state index contributed by atoms with van der Waals surface area (Å²) in [7, 11) is 0. The smallest absolute Gasteiger partial charge is 0.360 e. The molecular formula is C22H18Cl2F3N5O2. The number of halogens is 5. The third-order valence-corrected chi connectivity index (χ3v) is 5.92. The molecule has 3 aromatic heterocycles. The van der Waals surface area contributed by atoms with Crippen LogP contribution in [-0.4, -0.2) is 25.7 Å². The highest BCUT2D eigenvalue weighted by Gasteiger charge is 2.36. The van der Waals surface area contributed by atoms with Crippen LogP contribution in [0.4, 0.5) is 13.2 Å². The van der Waals surface area contributed by atoms with Crippen molar-refractivity contribution in [2.45, 2.75) is 33.0 Å². The highest BCUT2D eigenvalue weighted by Crippen LogP contribution is 2.37. The topological polar surface area (TPSA) is 85.3 Å². The molecule has 0 aliphatic rings. The van der Waals surface area contributed by atoms with Crippen LogP contribution < -0.4 is 5.32 Å². The average molecular weight is 512 g/mol. The minimum absolute atomic E-state index is 0.102. The highest BCUT2D eigenvalue weighted by molar-refractivity contribution is 6.39. The van der Waals surface area contributed by atoms with Crippen molar-refractivity contribution < 1.29 is 22.5 Å². The van der Waals surface area contributed by atoms with Crippen molar-refractivity contribution in [3.8, 4) is 11.3 Å². The first-order valence-electron chi connectivity index (χ1n) is 10.1. The highest BCUT2D eigenvalue weighted by atomic mass is 35.5. The Bertz CT molecular complexity index is 1360. The van der Waals surface area contributed by atoms with E-state index in [1.54, 1.807) is 39.0 Å². The first-order chi connectivity index (χ1) is 16.0. The van der Waals surface area contributed by atoms with E-state index >= 15 is 0 Å². The fourth-order valence-corrected chi connectivity index (χ4v) is 4.22. The lowest BCUT2D eigenvalue weighted by atomic mass is 10.0. The minimum Gasteiger partial charge on any atom is -0.360 e. The van der Waals surface area contributed by atoms with Crippen LogP contribution in [0.5, 0.6) is 0 Å². The molecule has 1 atom stereocenters.